The van der Waals surface area contributed by atoms with Crippen LogP contribution in [0.4, 0.5) is 0 Å². The third-order valence-corrected chi connectivity index (χ3v) is 9.54. The van der Waals surface area contributed by atoms with Crippen molar-refractivity contribution < 1.29 is 19.1 Å². The second kappa shape index (κ2) is 11.5. The van der Waals surface area contributed by atoms with Crippen molar-refractivity contribution >= 4 is 12.2 Å². The molecule has 0 bridgehead atoms. The Balaban J connectivity index is 1.51. The molecule has 4 atom stereocenters. The second-order valence-corrected chi connectivity index (χ2v) is 11.5. The van der Waals surface area contributed by atoms with Crippen molar-refractivity contribution in [3.63, 3.8) is 0 Å². The summed E-state index contributed by atoms with van der Waals surface area (Å²) < 4.78 is 11.3. The number of allylic oxidation sites excluding steroid dienone is 1. The highest BCUT2D eigenvalue weighted by atomic mass is 16.5. The Morgan fingerprint density at radius 1 is 0.949 bits per heavy atom. The van der Waals surface area contributed by atoms with Crippen LogP contribution in [-0.2, 0) is 22.4 Å². The molecule has 1 fully saturated rings. The minimum atomic E-state index is -0.105. The van der Waals surface area contributed by atoms with Crippen molar-refractivity contribution in [1.29, 1.82) is 0 Å². The van der Waals surface area contributed by atoms with Crippen LogP contribution in [0.1, 0.15) is 71.7 Å². The van der Waals surface area contributed by atoms with Crippen LogP contribution in [0.2, 0.25) is 0 Å². The van der Waals surface area contributed by atoms with Gasteiger partial charge in [-0.05, 0) is 103 Å². The van der Waals surface area contributed by atoms with Gasteiger partial charge < -0.3 is 14.4 Å². The van der Waals surface area contributed by atoms with Gasteiger partial charge in [0.15, 0.2) is 11.5 Å². The highest BCUT2D eigenvalue weighted by Crippen LogP contribution is 2.48. The second-order valence-electron chi connectivity index (χ2n) is 11.5. The van der Waals surface area contributed by atoms with Crippen molar-refractivity contribution in [1.82, 2.24) is 9.80 Å². The summed E-state index contributed by atoms with van der Waals surface area (Å²) in [4.78, 5) is 29.0. The molecule has 3 aliphatic rings. The SMILES string of the molecule is CCC1CN2CCc3cc(C)c(C)cc3C2CC1CC1c2cc(OC)c(OC)cc2CCN1C(=O)/C=C\C=O. The lowest BCUT2D eigenvalue weighted by Gasteiger charge is -2.49. The number of piperidine rings is 1. The number of fused-ring (bicyclic) bond motifs is 4. The highest BCUT2D eigenvalue weighted by Gasteiger charge is 2.41. The Kier molecular flexibility index (Phi) is 8.13. The highest BCUT2D eigenvalue weighted by molar-refractivity contribution is 5.91. The number of methoxy groups -OCH3 is 2. The Hall–Kier alpha value is -3.12. The number of hydrogen-bond donors (Lipinski definition) is 0. The van der Waals surface area contributed by atoms with Gasteiger partial charge in [-0.2, -0.15) is 0 Å². The minimum absolute atomic E-state index is 0.0780. The molecule has 2 aromatic rings. The fourth-order valence-electron chi connectivity index (χ4n) is 7.27. The molecule has 3 heterocycles. The van der Waals surface area contributed by atoms with E-state index in [0.29, 0.717) is 36.5 Å². The molecule has 3 aliphatic heterocycles. The number of aryl methyl sites for hydroxylation is 2. The van der Waals surface area contributed by atoms with Crippen LogP contribution < -0.4 is 9.47 Å². The van der Waals surface area contributed by atoms with Crippen molar-refractivity contribution in [3.05, 3.63) is 69.8 Å². The summed E-state index contributed by atoms with van der Waals surface area (Å²) in [5.74, 6) is 2.35. The van der Waals surface area contributed by atoms with Crippen molar-refractivity contribution in [3.8, 4) is 11.5 Å². The molecule has 0 radical (unpaired) electrons. The van der Waals surface area contributed by atoms with Gasteiger partial charge in [0.2, 0.25) is 5.91 Å². The lowest BCUT2D eigenvalue weighted by Crippen LogP contribution is -2.47. The molecule has 208 valence electrons. The Morgan fingerprint density at radius 3 is 2.36 bits per heavy atom. The zero-order valence-corrected chi connectivity index (χ0v) is 24.0. The first-order valence-corrected chi connectivity index (χ1v) is 14.4. The van der Waals surface area contributed by atoms with E-state index in [1.165, 1.54) is 40.0 Å². The topological polar surface area (TPSA) is 59.1 Å². The Morgan fingerprint density at radius 2 is 1.64 bits per heavy atom. The number of ether oxygens (including phenoxy) is 2. The van der Waals surface area contributed by atoms with E-state index < -0.39 is 0 Å². The number of rotatable bonds is 7. The van der Waals surface area contributed by atoms with Crippen LogP contribution in [-0.4, -0.2) is 55.8 Å². The van der Waals surface area contributed by atoms with Crippen LogP contribution in [0.3, 0.4) is 0 Å². The van der Waals surface area contributed by atoms with E-state index in [9.17, 15) is 9.59 Å². The van der Waals surface area contributed by atoms with Crippen molar-refractivity contribution in [2.45, 2.75) is 65.0 Å². The fourth-order valence-corrected chi connectivity index (χ4v) is 7.27. The van der Waals surface area contributed by atoms with Crippen molar-refractivity contribution in [2.75, 3.05) is 33.9 Å². The number of benzene rings is 2. The zero-order valence-electron chi connectivity index (χ0n) is 24.0. The molecular weight excluding hydrogens is 488 g/mol. The van der Waals surface area contributed by atoms with Crippen LogP contribution in [0.5, 0.6) is 11.5 Å². The number of carbonyl (C=O) groups excluding carboxylic acids is 2. The largest absolute Gasteiger partial charge is 0.493 e. The summed E-state index contributed by atoms with van der Waals surface area (Å²) in [5, 5.41) is 0. The smallest absolute Gasteiger partial charge is 0.247 e. The normalized spacial score (nSPS) is 24.6. The lowest BCUT2D eigenvalue weighted by molar-refractivity contribution is -0.129. The molecule has 6 heteroatoms. The van der Waals surface area contributed by atoms with E-state index in [1.807, 2.05) is 4.90 Å². The number of carbonyl (C=O) groups is 2. The van der Waals surface area contributed by atoms with E-state index in [2.05, 4.69) is 49.9 Å². The summed E-state index contributed by atoms with van der Waals surface area (Å²) in [6.07, 6.45) is 8.37. The number of nitrogens with zero attached hydrogens (tertiary/aromatic N) is 2. The maximum atomic E-state index is 13.3. The van der Waals surface area contributed by atoms with Gasteiger partial charge in [0.1, 0.15) is 6.29 Å². The van der Waals surface area contributed by atoms with Crippen molar-refractivity contribution in [2.24, 2.45) is 11.8 Å². The summed E-state index contributed by atoms with van der Waals surface area (Å²) in [7, 11) is 3.32. The van der Waals surface area contributed by atoms with Gasteiger partial charge in [0.05, 0.1) is 20.3 Å². The molecule has 6 nitrogen and oxygen atoms in total. The molecule has 4 unspecified atom stereocenters. The predicted molar refractivity (Wildman–Crippen MR) is 153 cm³/mol. The lowest BCUT2D eigenvalue weighted by atomic mass is 9.72. The molecular formula is C33H42N2O4. The molecule has 39 heavy (non-hydrogen) atoms. The molecule has 5 rings (SSSR count). The Bertz CT molecular complexity index is 1270. The minimum Gasteiger partial charge on any atom is -0.493 e. The number of aldehydes is 1. The van der Waals surface area contributed by atoms with Gasteiger partial charge in [-0.3, -0.25) is 14.5 Å². The van der Waals surface area contributed by atoms with Gasteiger partial charge in [0.25, 0.3) is 0 Å². The standard InChI is InChI=1S/C33H42N2O4/c1-6-23-20-34-11-9-24-14-21(2)22(3)15-27(24)29(34)16-26(23)17-30-28-19-32(39-5)31(38-4)18-25(28)10-12-35(30)33(37)8-7-13-36/h7-8,13-15,18-19,23,26,29-30H,6,9-12,16-17,20H2,1-5H3/b8-7-. The molecule has 2 aromatic carbocycles. The van der Waals surface area contributed by atoms with E-state index in [0.717, 1.165) is 56.5 Å². The summed E-state index contributed by atoms with van der Waals surface area (Å²) in [6, 6.07) is 9.32. The molecule has 0 N–H and O–H groups in total. The summed E-state index contributed by atoms with van der Waals surface area (Å²) >= 11 is 0. The average Bonchev–Trinajstić information content (AvgIpc) is 2.95. The van der Waals surface area contributed by atoms with Gasteiger partial charge in [-0.25, -0.2) is 0 Å². The first-order chi connectivity index (χ1) is 18.9. The maximum absolute atomic E-state index is 13.3. The average molecular weight is 531 g/mol. The van der Waals surface area contributed by atoms with E-state index in [4.69, 9.17) is 9.47 Å². The van der Waals surface area contributed by atoms with Crippen LogP contribution in [0, 0.1) is 25.7 Å². The number of amides is 1. The van der Waals surface area contributed by atoms with Crippen LogP contribution in [0.15, 0.2) is 36.4 Å². The molecule has 1 saturated heterocycles. The summed E-state index contributed by atoms with van der Waals surface area (Å²) in [5.41, 5.74) is 8.09. The maximum Gasteiger partial charge on any atom is 0.247 e. The molecule has 0 spiro atoms. The first kappa shape index (κ1) is 27.4. The molecule has 1 amide bonds. The summed E-state index contributed by atoms with van der Waals surface area (Å²) in [6.45, 7) is 9.59. The van der Waals surface area contributed by atoms with E-state index >= 15 is 0 Å². The molecule has 0 saturated carbocycles. The van der Waals surface area contributed by atoms with Gasteiger partial charge >= 0.3 is 0 Å². The van der Waals surface area contributed by atoms with Gasteiger partial charge in [-0.1, -0.05) is 25.5 Å². The third-order valence-electron chi connectivity index (χ3n) is 9.54. The van der Waals surface area contributed by atoms with E-state index in [1.54, 1.807) is 14.2 Å². The zero-order chi connectivity index (χ0) is 27.7. The predicted octanol–water partition coefficient (Wildman–Crippen LogP) is 5.54. The Labute approximate surface area is 233 Å². The third kappa shape index (κ3) is 5.23. The first-order valence-electron chi connectivity index (χ1n) is 14.4. The quantitative estimate of drug-likeness (QED) is 0.348. The van der Waals surface area contributed by atoms with Crippen LogP contribution in [0.25, 0.3) is 0 Å². The van der Waals surface area contributed by atoms with Gasteiger partial charge in [-0.15, -0.1) is 0 Å². The van der Waals surface area contributed by atoms with Gasteiger partial charge in [0, 0.05) is 31.8 Å². The van der Waals surface area contributed by atoms with E-state index in [-0.39, 0.29) is 11.9 Å². The monoisotopic (exact) mass is 530 g/mol. The molecule has 0 aliphatic carbocycles. The molecule has 0 aromatic heterocycles. The van der Waals surface area contributed by atoms with Crippen LogP contribution >= 0.6 is 0 Å². The number of hydrogen-bond acceptors (Lipinski definition) is 5. The fraction of sp³-hybridized carbons (Fsp3) is 0.515.